The zero-order valence-electron chi connectivity index (χ0n) is 16.6. The van der Waals surface area contributed by atoms with Crippen LogP contribution < -0.4 is 10.1 Å². The molecule has 1 aromatic heterocycles. The van der Waals surface area contributed by atoms with Crippen LogP contribution in [0.1, 0.15) is 0 Å². The standard InChI is InChI=1S/C23H17ClN2O4S2/c24-17-8-12-20(13-9-17)32(28,29)15-22(27)26-23-25-21(14-31-23)16-6-10-19(11-7-16)30-18-4-2-1-3-5-18/h1-14H,15H2,(H,25,26,27). The molecule has 0 fully saturated rings. The van der Waals surface area contributed by atoms with Crippen LogP contribution in [0.25, 0.3) is 11.3 Å². The molecule has 0 atom stereocenters. The molecule has 4 rings (SSSR count). The Kier molecular flexibility index (Phi) is 6.55. The second-order valence-corrected chi connectivity index (χ2v) is 10.0. The van der Waals surface area contributed by atoms with Gasteiger partial charge in [0.15, 0.2) is 15.0 Å². The Morgan fingerprint density at radius 3 is 2.28 bits per heavy atom. The fourth-order valence-electron chi connectivity index (χ4n) is 2.84. The van der Waals surface area contributed by atoms with E-state index in [0.29, 0.717) is 21.6 Å². The van der Waals surface area contributed by atoms with E-state index < -0.39 is 21.5 Å². The lowest BCUT2D eigenvalue weighted by Gasteiger charge is -2.06. The molecular weight excluding hydrogens is 468 g/mol. The first-order chi connectivity index (χ1) is 15.4. The van der Waals surface area contributed by atoms with Gasteiger partial charge in [0.25, 0.3) is 0 Å². The maximum atomic E-state index is 12.4. The molecule has 0 bridgehead atoms. The number of carbonyl (C=O) groups is 1. The Balaban J connectivity index is 1.39. The van der Waals surface area contributed by atoms with E-state index in [0.717, 1.165) is 11.3 Å². The highest BCUT2D eigenvalue weighted by Crippen LogP contribution is 2.28. The number of ether oxygens (including phenoxy) is 1. The molecule has 1 N–H and O–H groups in total. The van der Waals surface area contributed by atoms with Gasteiger partial charge in [0.2, 0.25) is 5.91 Å². The quantitative estimate of drug-likeness (QED) is 0.365. The van der Waals surface area contributed by atoms with E-state index >= 15 is 0 Å². The maximum Gasteiger partial charge on any atom is 0.241 e. The van der Waals surface area contributed by atoms with Crippen molar-refractivity contribution in [3.8, 4) is 22.8 Å². The molecular formula is C23H17ClN2O4S2. The number of para-hydroxylation sites is 1. The number of thiazole rings is 1. The van der Waals surface area contributed by atoms with Crippen LogP contribution in [0.5, 0.6) is 11.5 Å². The Bertz CT molecular complexity index is 1320. The Labute approximate surface area is 194 Å². The summed E-state index contributed by atoms with van der Waals surface area (Å²) in [4.78, 5) is 16.7. The summed E-state index contributed by atoms with van der Waals surface area (Å²) in [6.45, 7) is 0. The molecule has 6 nitrogen and oxygen atoms in total. The predicted octanol–water partition coefficient (Wildman–Crippen LogP) is 5.67. The first-order valence-corrected chi connectivity index (χ1v) is 12.4. The highest BCUT2D eigenvalue weighted by Gasteiger charge is 2.20. The van der Waals surface area contributed by atoms with Crippen molar-refractivity contribution >= 4 is 43.8 Å². The van der Waals surface area contributed by atoms with Crippen molar-refractivity contribution in [2.24, 2.45) is 0 Å². The Hall–Kier alpha value is -3.20. The number of aromatic nitrogens is 1. The van der Waals surface area contributed by atoms with Crippen molar-refractivity contribution in [3.63, 3.8) is 0 Å². The van der Waals surface area contributed by atoms with Gasteiger partial charge in [-0.25, -0.2) is 13.4 Å². The fourth-order valence-corrected chi connectivity index (χ4v) is 4.83. The van der Waals surface area contributed by atoms with Gasteiger partial charge in [0.05, 0.1) is 10.6 Å². The van der Waals surface area contributed by atoms with Gasteiger partial charge < -0.3 is 10.1 Å². The van der Waals surface area contributed by atoms with Crippen molar-refractivity contribution < 1.29 is 17.9 Å². The number of hydrogen-bond acceptors (Lipinski definition) is 6. The lowest BCUT2D eigenvalue weighted by atomic mass is 10.2. The topological polar surface area (TPSA) is 85.4 Å². The van der Waals surface area contributed by atoms with E-state index in [9.17, 15) is 13.2 Å². The van der Waals surface area contributed by atoms with Crippen LogP contribution in [0.3, 0.4) is 0 Å². The van der Waals surface area contributed by atoms with Crippen molar-refractivity contribution in [2.75, 3.05) is 11.1 Å². The molecule has 32 heavy (non-hydrogen) atoms. The number of carbonyl (C=O) groups excluding carboxylic acids is 1. The molecule has 1 amide bonds. The highest BCUT2D eigenvalue weighted by molar-refractivity contribution is 7.92. The average Bonchev–Trinajstić information content (AvgIpc) is 3.23. The van der Waals surface area contributed by atoms with Crippen molar-refractivity contribution in [1.82, 2.24) is 4.98 Å². The first kappa shape index (κ1) is 22.0. The summed E-state index contributed by atoms with van der Waals surface area (Å²) in [7, 11) is -3.78. The molecule has 162 valence electrons. The fraction of sp³-hybridized carbons (Fsp3) is 0.0435. The average molecular weight is 485 g/mol. The molecule has 0 aliphatic rings. The third kappa shape index (κ3) is 5.53. The number of nitrogens with one attached hydrogen (secondary N) is 1. The second kappa shape index (κ2) is 9.52. The molecule has 3 aromatic carbocycles. The van der Waals surface area contributed by atoms with E-state index in [4.69, 9.17) is 16.3 Å². The number of halogens is 1. The van der Waals surface area contributed by atoms with Gasteiger partial charge in [-0.15, -0.1) is 11.3 Å². The minimum absolute atomic E-state index is 0.0367. The number of amides is 1. The van der Waals surface area contributed by atoms with Crippen LogP contribution in [-0.4, -0.2) is 25.1 Å². The van der Waals surface area contributed by atoms with Gasteiger partial charge >= 0.3 is 0 Å². The van der Waals surface area contributed by atoms with Crippen LogP contribution in [0.2, 0.25) is 5.02 Å². The normalized spacial score (nSPS) is 11.2. The summed E-state index contributed by atoms with van der Waals surface area (Å²) in [6.07, 6.45) is 0. The minimum atomic E-state index is -3.78. The molecule has 9 heteroatoms. The third-order valence-electron chi connectivity index (χ3n) is 4.37. The molecule has 0 aliphatic heterocycles. The third-order valence-corrected chi connectivity index (χ3v) is 7.02. The number of rotatable bonds is 7. The predicted molar refractivity (Wildman–Crippen MR) is 126 cm³/mol. The SMILES string of the molecule is O=C(CS(=O)(=O)c1ccc(Cl)cc1)Nc1nc(-c2ccc(Oc3ccccc3)cc2)cs1. The van der Waals surface area contributed by atoms with E-state index in [-0.39, 0.29) is 4.90 Å². The van der Waals surface area contributed by atoms with Gasteiger partial charge in [0, 0.05) is 16.0 Å². The number of anilines is 1. The number of nitrogens with zero attached hydrogens (tertiary/aromatic N) is 1. The highest BCUT2D eigenvalue weighted by atomic mass is 35.5. The van der Waals surface area contributed by atoms with E-state index in [1.807, 2.05) is 54.6 Å². The smallest absolute Gasteiger partial charge is 0.241 e. The van der Waals surface area contributed by atoms with E-state index in [2.05, 4.69) is 10.3 Å². The number of benzene rings is 3. The summed E-state index contributed by atoms with van der Waals surface area (Å²) < 4.78 is 30.6. The van der Waals surface area contributed by atoms with Gasteiger partial charge in [-0.3, -0.25) is 4.79 Å². The maximum absolute atomic E-state index is 12.4. The summed E-state index contributed by atoms with van der Waals surface area (Å²) in [5.74, 6) is 0.0887. The Morgan fingerprint density at radius 2 is 1.59 bits per heavy atom. The van der Waals surface area contributed by atoms with E-state index in [1.165, 1.54) is 35.6 Å². The molecule has 1 heterocycles. The zero-order chi connectivity index (χ0) is 22.6. The van der Waals surface area contributed by atoms with Gasteiger partial charge in [-0.2, -0.15) is 0 Å². The second-order valence-electron chi connectivity index (χ2n) is 6.74. The molecule has 0 unspecified atom stereocenters. The summed E-state index contributed by atoms with van der Waals surface area (Å²) >= 11 is 7.00. The van der Waals surface area contributed by atoms with Crippen LogP contribution in [-0.2, 0) is 14.6 Å². The zero-order valence-corrected chi connectivity index (χ0v) is 19.0. The number of hydrogen-bond donors (Lipinski definition) is 1. The molecule has 4 aromatic rings. The van der Waals surface area contributed by atoms with Crippen LogP contribution in [0.4, 0.5) is 5.13 Å². The molecule has 0 saturated carbocycles. The lowest BCUT2D eigenvalue weighted by Crippen LogP contribution is -2.22. The molecule has 0 saturated heterocycles. The molecule has 0 radical (unpaired) electrons. The van der Waals surface area contributed by atoms with Gasteiger partial charge in [-0.05, 0) is 60.7 Å². The van der Waals surface area contributed by atoms with Crippen molar-refractivity contribution in [3.05, 3.63) is 89.3 Å². The van der Waals surface area contributed by atoms with Crippen LogP contribution in [0, 0.1) is 0 Å². The van der Waals surface area contributed by atoms with Crippen LogP contribution in [0.15, 0.2) is 89.1 Å². The monoisotopic (exact) mass is 484 g/mol. The molecule has 0 aliphatic carbocycles. The van der Waals surface area contributed by atoms with Crippen molar-refractivity contribution in [2.45, 2.75) is 4.90 Å². The van der Waals surface area contributed by atoms with E-state index in [1.54, 1.807) is 5.38 Å². The minimum Gasteiger partial charge on any atom is -0.457 e. The summed E-state index contributed by atoms with van der Waals surface area (Å²) in [6, 6.07) is 22.5. The van der Waals surface area contributed by atoms with Gasteiger partial charge in [0.1, 0.15) is 17.3 Å². The largest absolute Gasteiger partial charge is 0.457 e. The summed E-state index contributed by atoms with van der Waals surface area (Å²) in [5, 5.41) is 5.08. The Morgan fingerprint density at radius 1 is 0.938 bits per heavy atom. The first-order valence-electron chi connectivity index (χ1n) is 9.46. The lowest BCUT2D eigenvalue weighted by molar-refractivity contribution is -0.113. The number of sulfone groups is 1. The summed E-state index contributed by atoms with van der Waals surface area (Å²) in [5.41, 5.74) is 1.51. The van der Waals surface area contributed by atoms with Crippen LogP contribution >= 0.6 is 22.9 Å². The van der Waals surface area contributed by atoms with Crippen molar-refractivity contribution in [1.29, 1.82) is 0 Å². The van der Waals surface area contributed by atoms with Gasteiger partial charge in [-0.1, -0.05) is 29.8 Å². The molecule has 0 spiro atoms.